The minimum absolute atomic E-state index is 0.00969. The number of fused-ring (bicyclic) bond motifs is 1. The predicted octanol–water partition coefficient (Wildman–Crippen LogP) is 3.59. The van der Waals surface area contributed by atoms with E-state index in [-0.39, 0.29) is 28.9 Å². The van der Waals surface area contributed by atoms with Crippen LogP contribution in [0.3, 0.4) is 0 Å². The van der Waals surface area contributed by atoms with Crippen LogP contribution in [-0.2, 0) is 4.79 Å². The Morgan fingerprint density at radius 3 is 2.69 bits per heavy atom. The van der Waals surface area contributed by atoms with Gasteiger partial charge in [0.05, 0.1) is 11.3 Å². The van der Waals surface area contributed by atoms with E-state index in [1.807, 2.05) is 43.3 Å². The molecule has 1 atom stereocenters. The molecule has 4 rings (SSSR count). The van der Waals surface area contributed by atoms with E-state index in [9.17, 15) is 14.4 Å². The molecule has 1 saturated heterocycles. The Labute approximate surface area is 168 Å². The molecule has 6 heteroatoms. The van der Waals surface area contributed by atoms with E-state index >= 15 is 0 Å². The average molecular weight is 390 g/mol. The number of nitrogens with zero attached hydrogens (tertiary/aromatic N) is 1. The molecule has 1 aliphatic rings. The van der Waals surface area contributed by atoms with Crippen LogP contribution >= 0.6 is 0 Å². The monoisotopic (exact) mass is 390 g/mol. The number of hydrogen-bond acceptors (Lipinski definition) is 4. The number of carbonyl (C=O) groups is 2. The van der Waals surface area contributed by atoms with Gasteiger partial charge in [-0.25, -0.2) is 0 Å². The summed E-state index contributed by atoms with van der Waals surface area (Å²) in [7, 11) is 0. The molecule has 0 spiro atoms. The van der Waals surface area contributed by atoms with Crippen LogP contribution in [0.15, 0.2) is 63.8 Å². The fraction of sp³-hybridized carbons (Fsp3) is 0.261. The van der Waals surface area contributed by atoms with Gasteiger partial charge in [0, 0.05) is 24.8 Å². The van der Waals surface area contributed by atoms with E-state index in [1.165, 1.54) is 6.07 Å². The number of para-hydroxylation sites is 1. The third-order valence-corrected chi connectivity index (χ3v) is 5.21. The van der Waals surface area contributed by atoms with Crippen LogP contribution in [0, 0.1) is 12.8 Å². The number of benzene rings is 2. The zero-order valence-corrected chi connectivity index (χ0v) is 16.2. The number of amides is 2. The van der Waals surface area contributed by atoms with Crippen molar-refractivity contribution in [1.29, 1.82) is 0 Å². The minimum Gasteiger partial charge on any atom is -0.451 e. The maximum absolute atomic E-state index is 13.0. The highest BCUT2D eigenvalue weighted by Crippen LogP contribution is 2.22. The van der Waals surface area contributed by atoms with Crippen LogP contribution in [0.5, 0.6) is 0 Å². The molecular formula is C23H22N2O4. The van der Waals surface area contributed by atoms with Crippen molar-refractivity contribution in [3.8, 4) is 0 Å². The Kier molecular flexibility index (Phi) is 5.16. The van der Waals surface area contributed by atoms with Gasteiger partial charge in [0.15, 0.2) is 11.2 Å². The summed E-state index contributed by atoms with van der Waals surface area (Å²) in [5.41, 5.74) is 1.83. The quantitative estimate of drug-likeness (QED) is 0.741. The largest absolute Gasteiger partial charge is 0.451 e. The first kappa shape index (κ1) is 18.9. The summed E-state index contributed by atoms with van der Waals surface area (Å²) in [6.45, 7) is 2.73. The van der Waals surface area contributed by atoms with E-state index in [4.69, 9.17) is 4.42 Å². The number of aryl methyl sites for hydroxylation is 1. The lowest BCUT2D eigenvalue weighted by Crippen LogP contribution is -2.44. The number of nitrogens with one attached hydrogen (secondary N) is 1. The lowest BCUT2D eigenvalue weighted by atomic mass is 9.96. The number of likely N-dealkylation sites (tertiary alicyclic amines) is 1. The van der Waals surface area contributed by atoms with Crippen molar-refractivity contribution in [3.05, 3.63) is 76.1 Å². The Bertz CT molecular complexity index is 1120. The lowest BCUT2D eigenvalue weighted by molar-refractivity contribution is -0.121. The van der Waals surface area contributed by atoms with Crippen molar-refractivity contribution in [1.82, 2.24) is 4.90 Å². The van der Waals surface area contributed by atoms with Crippen LogP contribution in [-0.4, -0.2) is 29.8 Å². The van der Waals surface area contributed by atoms with Gasteiger partial charge in [-0.15, -0.1) is 0 Å². The van der Waals surface area contributed by atoms with Crippen LogP contribution < -0.4 is 10.7 Å². The van der Waals surface area contributed by atoms with Crippen LogP contribution in [0.25, 0.3) is 11.0 Å². The minimum atomic E-state index is -0.359. The van der Waals surface area contributed by atoms with E-state index in [0.717, 1.165) is 17.7 Å². The molecule has 6 nitrogen and oxygen atoms in total. The zero-order valence-electron chi connectivity index (χ0n) is 16.2. The molecule has 2 heterocycles. The first-order valence-electron chi connectivity index (χ1n) is 9.71. The van der Waals surface area contributed by atoms with E-state index < -0.39 is 0 Å². The number of hydrogen-bond donors (Lipinski definition) is 1. The SMILES string of the molecule is Cc1ccc2oc(C(=O)N3CCC[C@@H](C(=O)Nc4ccccc4)C3)cc(=O)c2c1. The van der Waals surface area contributed by atoms with Crippen molar-refractivity contribution in [2.24, 2.45) is 5.92 Å². The fourth-order valence-electron chi connectivity index (χ4n) is 3.67. The molecule has 148 valence electrons. The maximum Gasteiger partial charge on any atom is 0.289 e. The summed E-state index contributed by atoms with van der Waals surface area (Å²) in [4.78, 5) is 39.6. The van der Waals surface area contributed by atoms with Gasteiger partial charge in [0.1, 0.15) is 5.58 Å². The topological polar surface area (TPSA) is 79.6 Å². The van der Waals surface area contributed by atoms with Crippen molar-refractivity contribution in [2.75, 3.05) is 18.4 Å². The zero-order chi connectivity index (χ0) is 20.4. The van der Waals surface area contributed by atoms with Gasteiger partial charge in [-0.2, -0.15) is 0 Å². The first-order valence-corrected chi connectivity index (χ1v) is 9.71. The molecular weight excluding hydrogens is 368 g/mol. The van der Waals surface area contributed by atoms with Crippen molar-refractivity contribution in [2.45, 2.75) is 19.8 Å². The third-order valence-electron chi connectivity index (χ3n) is 5.21. The number of rotatable bonds is 3. The summed E-state index contributed by atoms with van der Waals surface area (Å²) in [6, 6.07) is 15.8. The molecule has 1 aromatic heterocycles. The molecule has 0 aliphatic carbocycles. The Balaban J connectivity index is 1.51. The maximum atomic E-state index is 13.0. The Hall–Kier alpha value is -3.41. The summed E-state index contributed by atoms with van der Waals surface area (Å²) in [6.07, 6.45) is 1.43. The van der Waals surface area contributed by atoms with Gasteiger partial charge in [0.25, 0.3) is 5.91 Å². The van der Waals surface area contributed by atoms with Crippen molar-refractivity contribution >= 4 is 28.5 Å². The summed E-state index contributed by atoms with van der Waals surface area (Å²) >= 11 is 0. The molecule has 1 aliphatic heterocycles. The van der Waals surface area contributed by atoms with Crippen molar-refractivity contribution < 1.29 is 14.0 Å². The van der Waals surface area contributed by atoms with Gasteiger partial charge < -0.3 is 14.6 Å². The number of piperidine rings is 1. The highest BCUT2D eigenvalue weighted by Gasteiger charge is 2.30. The summed E-state index contributed by atoms with van der Waals surface area (Å²) in [5, 5.41) is 3.36. The first-order chi connectivity index (χ1) is 14.0. The predicted molar refractivity (Wildman–Crippen MR) is 111 cm³/mol. The molecule has 1 N–H and O–H groups in total. The van der Waals surface area contributed by atoms with Crippen LogP contribution in [0.2, 0.25) is 0 Å². The molecule has 29 heavy (non-hydrogen) atoms. The smallest absolute Gasteiger partial charge is 0.289 e. The normalized spacial score (nSPS) is 16.6. The molecule has 0 radical (unpaired) electrons. The second kappa shape index (κ2) is 7.91. The molecule has 1 fully saturated rings. The van der Waals surface area contributed by atoms with Crippen LogP contribution in [0.1, 0.15) is 29.0 Å². The van der Waals surface area contributed by atoms with Crippen LogP contribution in [0.4, 0.5) is 5.69 Å². The van der Waals surface area contributed by atoms with Gasteiger partial charge in [-0.05, 0) is 44.0 Å². The second-order valence-corrected chi connectivity index (χ2v) is 7.42. The fourth-order valence-corrected chi connectivity index (χ4v) is 3.67. The number of carbonyl (C=O) groups excluding carboxylic acids is 2. The van der Waals surface area contributed by atoms with Gasteiger partial charge >= 0.3 is 0 Å². The highest BCUT2D eigenvalue weighted by molar-refractivity contribution is 5.95. The van der Waals surface area contributed by atoms with E-state index in [2.05, 4.69) is 5.32 Å². The molecule has 3 aromatic rings. The third kappa shape index (κ3) is 4.06. The van der Waals surface area contributed by atoms with Gasteiger partial charge in [0.2, 0.25) is 5.91 Å². The lowest BCUT2D eigenvalue weighted by Gasteiger charge is -2.31. The summed E-state index contributed by atoms with van der Waals surface area (Å²) < 4.78 is 5.71. The molecule has 2 aromatic carbocycles. The Morgan fingerprint density at radius 2 is 1.90 bits per heavy atom. The molecule has 2 amide bonds. The average Bonchev–Trinajstić information content (AvgIpc) is 2.74. The standard InChI is InChI=1S/C23H22N2O4/c1-15-9-10-20-18(12-15)19(26)13-21(29-20)23(28)25-11-5-6-16(14-25)22(27)24-17-7-3-2-4-8-17/h2-4,7-10,12-13,16H,5-6,11,14H2,1H3,(H,24,27)/t16-/m1/s1. The number of anilines is 1. The highest BCUT2D eigenvalue weighted by atomic mass is 16.3. The Morgan fingerprint density at radius 1 is 1.10 bits per heavy atom. The van der Waals surface area contributed by atoms with Crippen molar-refractivity contribution in [3.63, 3.8) is 0 Å². The molecule has 0 unspecified atom stereocenters. The molecule has 0 saturated carbocycles. The summed E-state index contributed by atoms with van der Waals surface area (Å²) in [5.74, 6) is -0.760. The van der Waals surface area contributed by atoms with Gasteiger partial charge in [-0.1, -0.05) is 29.8 Å². The second-order valence-electron chi connectivity index (χ2n) is 7.42. The van der Waals surface area contributed by atoms with Gasteiger partial charge in [-0.3, -0.25) is 14.4 Å². The van der Waals surface area contributed by atoms with E-state index in [0.29, 0.717) is 30.5 Å². The van der Waals surface area contributed by atoms with E-state index in [1.54, 1.807) is 17.0 Å². The molecule has 0 bridgehead atoms.